The molecule has 1 aliphatic heterocycles. The van der Waals surface area contributed by atoms with Crippen molar-refractivity contribution in [3.8, 4) is 11.1 Å². The molecule has 2 N–H and O–H groups in total. The van der Waals surface area contributed by atoms with Gasteiger partial charge in [0.15, 0.2) is 0 Å². The average molecular weight is 489 g/mol. The number of nitrogens with zero attached hydrogens (tertiary/aromatic N) is 2. The molecule has 6 nitrogen and oxygen atoms in total. The average Bonchev–Trinajstić information content (AvgIpc) is 3.49. The molecule has 0 bridgehead atoms. The summed E-state index contributed by atoms with van der Waals surface area (Å²) in [7, 11) is 0. The first-order valence-electron chi connectivity index (χ1n) is 12.0. The largest absolute Gasteiger partial charge is 0.349 e. The van der Waals surface area contributed by atoms with Crippen molar-refractivity contribution < 1.29 is 9.18 Å². The summed E-state index contributed by atoms with van der Waals surface area (Å²) in [6.45, 7) is 1.24. The van der Waals surface area contributed by atoms with Crippen molar-refractivity contribution in [2.75, 3.05) is 18.0 Å². The van der Waals surface area contributed by atoms with Gasteiger partial charge < -0.3 is 10.2 Å². The summed E-state index contributed by atoms with van der Waals surface area (Å²) in [6, 6.07) is 14.9. The number of hydrogen-bond donors (Lipinski definition) is 2. The zero-order valence-corrected chi connectivity index (χ0v) is 19.9. The molecule has 3 heterocycles. The van der Waals surface area contributed by atoms with Gasteiger partial charge in [-0.3, -0.25) is 14.6 Å². The van der Waals surface area contributed by atoms with Crippen LogP contribution in [-0.4, -0.2) is 29.0 Å². The lowest BCUT2D eigenvalue weighted by Crippen LogP contribution is -2.42. The van der Waals surface area contributed by atoms with E-state index in [1.807, 2.05) is 17.0 Å². The number of carbonyl (C=O) groups excluding carboxylic acids is 1. The summed E-state index contributed by atoms with van der Waals surface area (Å²) in [5.41, 5.74) is 3.90. The predicted octanol–water partition coefficient (Wildman–Crippen LogP) is 4.81. The highest BCUT2D eigenvalue weighted by atomic mass is 32.1. The summed E-state index contributed by atoms with van der Waals surface area (Å²) in [6.07, 6.45) is 3.32. The fourth-order valence-electron chi connectivity index (χ4n) is 5.29. The normalized spacial score (nSPS) is 18.1. The third-order valence-electron chi connectivity index (χ3n) is 7.19. The molecule has 0 saturated carbocycles. The van der Waals surface area contributed by atoms with Crippen LogP contribution in [0.1, 0.15) is 36.4 Å². The minimum absolute atomic E-state index is 0.0652. The number of thiophene rings is 1. The second-order valence-electron chi connectivity index (χ2n) is 9.26. The Balaban J connectivity index is 1.18. The summed E-state index contributed by atoms with van der Waals surface area (Å²) in [5.74, 6) is 0.169. The van der Waals surface area contributed by atoms with Gasteiger partial charge in [0.1, 0.15) is 10.5 Å². The molecule has 4 aromatic rings. The van der Waals surface area contributed by atoms with Crippen LogP contribution in [-0.2, 0) is 11.2 Å². The highest BCUT2D eigenvalue weighted by Gasteiger charge is 2.30. The fraction of sp³-hybridized carbons (Fsp3) is 0.296. The van der Waals surface area contributed by atoms with Crippen LogP contribution in [0.5, 0.6) is 0 Å². The molecule has 1 aliphatic carbocycles. The van der Waals surface area contributed by atoms with Gasteiger partial charge >= 0.3 is 0 Å². The molecule has 6 rings (SSSR count). The van der Waals surface area contributed by atoms with Crippen molar-refractivity contribution in [3.63, 3.8) is 0 Å². The maximum absolute atomic E-state index is 14.4. The lowest BCUT2D eigenvalue weighted by atomic mass is 9.95. The van der Waals surface area contributed by atoms with Crippen molar-refractivity contribution in [1.82, 2.24) is 15.3 Å². The number of anilines is 1. The van der Waals surface area contributed by atoms with Gasteiger partial charge in [0.05, 0.1) is 11.6 Å². The Kier molecular flexibility index (Phi) is 5.60. The molecule has 0 spiro atoms. The fourth-order valence-corrected chi connectivity index (χ4v) is 6.19. The molecule has 35 heavy (non-hydrogen) atoms. The van der Waals surface area contributed by atoms with Gasteiger partial charge in [-0.25, -0.2) is 9.37 Å². The maximum Gasteiger partial charge on any atom is 0.270 e. The van der Waals surface area contributed by atoms with Crippen LogP contribution in [0.2, 0.25) is 0 Å². The molecule has 1 saturated heterocycles. The molecule has 0 unspecified atom stereocenters. The van der Waals surface area contributed by atoms with E-state index >= 15 is 0 Å². The number of carbonyl (C=O) groups is 1. The predicted molar refractivity (Wildman–Crippen MR) is 136 cm³/mol. The molecule has 0 radical (unpaired) electrons. The van der Waals surface area contributed by atoms with E-state index in [1.54, 1.807) is 23.6 Å². The number of piperidine rings is 1. The first-order chi connectivity index (χ1) is 17.1. The Morgan fingerprint density at radius 1 is 1.06 bits per heavy atom. The molecule has 1 fully saturated rings. The molecule has 2 aromatic carbocycles. The third-order valence-corrected chi connectivity index (χ3v) is 8.16. The van der Waals surface area contributed by atoms with E-state index in [9.17, 15) is 14.0 Å². The summed E-state index contributed by atoms with van der Waals surface area (Å²) in [5, 5.41) is 5.04. The van der Waals surface area contributed by atoms with Gasteiger partial charge in [-0.2, -0.15) is 0 Å². The molecule has 8 heteroatoms. The van der Waals surface area contributed by atoms with Crippen LogP contribution in [0, 0.1) is 11.7 Å². The number of rotatable bonds is 4. The lowest BCUT2D eigenvalue weighted by Gasteiger charge is -2.32. The van der Waals surface area contributed by atoms with Crippen LogP contribution in [0.25, 0.3) is 21.3 Å². The van der Waals surface area contributed by atoms with E-state index in [-0.39, 0.29) is 29.2 Å². The number of aromatic amines is 1. The van der Waals surface area contributed by atoms with Crippen LogP contribution in [0.4, 0.5) is 10.3 Å². The Hall–Kier alpha value is -3.52. The number of H-pyrrole nitrogens is 1. The van der Waals surface area contributed by atoms with E-state index in [0.29, 0.717) is 53.2 Å². The van der Waals surface area contributed by atoms with Gasteiger partial charge in [0.25, 0.3) is 5.56 Å². The minimum atomic E-state index is -0.340. The minimum Gasteiger partial charge on any atom is -0.349 e. The molecular weight excluding hydrogens is 463 g/mol. The Morgan fingerprint density at radius 2 is 1.83 bits per heavy atom. The van der Waals surface area contributed by atoms with Gasteiger partial charge in [-0.15, -0.1) is 11.3 Å². The quantitative estimate of drug-likeness (QED) is 0.432. The zero-order chi connectivity index (χ0) is 23.9. The molecule has 178 valence electrons. The van der Waals surface area contributed by atoms with Crippen molar-refractivity contribution in [2.45, 2.75) is 31.7 Å². The summed E-state index contributed by atoms with van der Waals surface area (Å²) in [4.78, 5) is 35.4. The Labute approximate surface area is 205 Å². The molecule has 2 aromatic heterocycles. The zero-order valence-electron chi connectivity index (χ0n) is 19.1. The van der Waals surface area contributed by atoms with E-state index in [2.05, 4.69) is 22.4 Å². The van der Waals surface area contributed by atoms with Gasteiger partial charge in [0, 0.05) is 35.5 Å². The van der Waals surface area contributed by atoms with Crippen LogP contribution < -0.4 is 15.8 Å². The van der Waals surface area contributed by atoms with E-state index in [4.69, 9.17) is 4.98 Å². The monoisotopic (exact) mass is 488 g/mol. The van der Waals surface area contributed by atoms with Gasteiger partial charge in [0.2, 0.25) is 11.9 Å². The number of fused-ring (bicyclic) bond motifs is 2. The highest BCUT2D eigenvalue weighted by Crippen LogP contribution is 2.34. The highest BCUT2D eigenvalue weighted by molar-refractivity contribution is 7.17. The second kappa shape index (κ2) is 8.92. The summed E-state index contributed by atoms with van der Waals surface area (Å²) < 4.78 is 14.9. The van der Waals surface area contributed by atoms with Crippen molar-refractivity contribution >= 4 is 33.4 Å². The van der Waals surface area contributed by atoms with Crippen molar-refractivity contribution in [1.29, 1.82) is 0 Å². The number of hydrogen-bond acceptors (Lipinski definition) is 5. The standard InChI is InChI=1S/C27H25FN4O2S/c28-21-8-4-3-7-19(21)20-15-35-24-23(20)30-27(31-26(24)34)32-13-11-17(12-14-32)25(33)29-22-10-9-16-5-1-2-6-18(16)22/h1-8,15,17,22H,9-14H2,(H,29,33)(H,30,31,34)/t22-/m0/s1. The summed E-state index contributed by atoms with van der Waals surface area (Å²) >= 11 is 1.27. The third kappa shape index (κ3) is 4.01. The van der Waals surface area contributed by atoms with E-state index < -0.39 is 0 Å². The first kappa shape index (κ1) is 22.0. The smallest absolute Gasteiger partial charge is 0.270 e. The number of halogens is 1. The van der Waals surface area contributed by atoms with Crippen LogP contribution in [0.15, 0.2) is 58.7 Å². The topological polar surface area (TPSA) is 78.1 Å². The maximum atomic E-state index is 14.4. The second-order valence-corrected chi connectivity index (χ2v) is 10.1. The lowest BCUT2D eigenvalue weighted by molar-refractivity contribution is -0.126. The van der Waals surface area contributed by atoms with Crippen molar-refractivity contribution in [3.05, 3.63) is 81.2 Å². The number of amides is 1. The van der Waals surface area contributed by atoms with Crippen LogP contribution >= 0.6 is 11.3 Å². The van der Waals surface area contributed by atoms with Crippen molar-refractivity contribution in [2.24, 2.45) is 5.92 Å². The number of benzene rings is 2. The molecule has 2 aliphatic rings. The molecule has 1 amide bonds. The number of aromatic nitrogens is 2. The van der Waals surface area contributed by atoms with E-state index in [0.717, 1.165) is 12.8 Å². The molecule has 1 atom stereocenters. The Bertz CT molecular complexity index is 1470. The molecular formula is C27H25FN4O2S. The Morgan fingerprint density at radius 3 is 2.66 bits per heavy atom. The first-order valence-corrected chi connectivity index (χ1v) is 12.9. The van der Waals surface area contributed by atoms with E-state index in [1.165, 1.54) is 28.5 Å². The van der Waals surface area contributed by atoms with Crippen LogP contribution in [0.3, 0.4) is 0 Å². The number of nitrogens with one attached hydrogen (secondary N) is 2. The van der Waals surface area contributed by atoms with Gasteiger partial charge in [-0.05, 0) is 42.9 Å². The van der Waals surface area contributed by atoms with Gasteiger partial charge in [-0.1, -0.05) is 42.5 Å². The number of aryl methyl sites for hydroxylation is 1. The SMILES string of the molecule is O=C(N[C@H]1CCc2ccccc21)C1CCN(c2nc3c(-c4ccccc4F)csc3c(=O)[nH]2)CC1.